The number of ether oxygens (including phenoxy) is 1. The standard InChI is InChI=1S/C22H23N3O3/c1-15(25-14-16-6-3-4-7-17(16)22(25)27)21(26)23-11-13-24-12-10-18-19(24)8-5-9-20(18)28-2/h3-10,12,15H,11,13-14H2,1-2H3,(H,23,26)/t15-/m0/s1. The van der Waals surface area contributed by atoms with Crippen LogP contribution in [0.1, 0.15) is 22.8 Å². The number of carbonyl (C=O) groups is 2. The molecule has 0 spiro atoms. The summed E-state index contributed by atoms with van der Waals surface area (Å²) in [5.41, 5.74) is 2.72. The minimum Gasteiger partial charge on any atom is -0.496 e. The summed E-state index contributed by atoms with van der Waals surface area (Å²) in [5.74, 6) is 0.609. The third-order valence-electron chi connectivity index (χ3n) is 5.34. The average Bonchev–Trinajstić information content (AvgIpc) is 3.29. The second-order valence-corrected chi connectivity index (χ2v) is 6.96. The van der Waals surface area contributed by atoms with Gasteiger partial charge in [-0.15, -0.1) is 0 Å². The molecule has 0 unspecified atom stereocenters. The van der Waals surface area contributed by atoms with Crippen LogP contribution in [-0.4, -0.2) is 41.0 Å². The van der Waals surface area contributed by atoms with E-state index < -0.39 is 6.04 Å². The lowest BCUT2D eigenvalue weighted by atomic mass is 10.1. The highest BCUT2D eigenvalue weighted by molar-refractivity contribution is 6.01. The number of fused-ring (bicyclic) bond motifs is 2. The fourth-order valence-corrected chi connectivity index (χ4v) is 3.75. The first-order chi connectivity index (χ1) is 13.6. The summed E-state index contributed by atoms with van der Waals surface area (Å²) < 4.78 is 7.47. The zero-order valence-electron chi connectivity index (χ0n) is 16.0. The normalized spacial score (nSPS) is 14.2. The SMILES string of the molecule is COc1cccc2c1ccn2CCNC(=O)[C@H](C)N1Cc2ccccc2C1=O. The zero-order valence-corrected chi connectivity index (χ0v) is 16.0. The van der Waals surface area contributed by atoms with Crippen LogP contribution in [0.3, 0.4) is 0 Å². The number of benzene rings is 2. The van der Waals surface area contributed by atoms with Crippen LogP contribution in [0.15, 0.2) is 54.7 Å². The molecule has 6 heteroatoms. The van der Waals surface area contributed by atoms with Crippen molar-refractivity contribution >= 4 is 22.7 Å². The van der Waals surface area contributed by atoms with Crippen molar-refractivity contribution in [2.75, 3.05) is 13.7 Å². The predicted octanol–water partition coefficient (Wildman–Crippen LogP) is 2.81. The van der Waals surface area contributed by atoms with E-state index in [1.165, 1.54) is 0 Å². The molecule has 0 saturated carbocycles. The Morgan fingerprint density at radius 3 is 2.79 bits per heavy atom. The van der Waals surface area contributed by atoms with Crippen LogP contribution in [0.4, 0.5) is 0 Å². The van der Waals surface area contributed by atoms with E-state index in [-0.39, 0.29) is 11.8 Å². The Balaban J connectivity index is 1.37. The number of carbonyl (C=O) groups excluding carboxylic acids is 2. The van der Waals surface area contributed by atoms with Crippen LogP contribution in [0.2, 0.25) is 0 Å². The fraction of sp³-hybridized carbons (Fsp3) is 0.273. The van der Waals surface area contributed by atoms with Crippen molar-refractivity contribution in [1.82, 2.24) is 14.8 Å². The average molecular weight is 377 g/mol. The van der Waals surface area contributed by atoms with Gasteiger partial charge in [-0.05, 0) is 36.8 Å². The maximum Gasteiger partial charge on any atom is 0.255 e. The number of hydrogen-bond acceptors (Lipinski definition) is 3. The highest BCUT2D eigenvalue weighted by Crippen LogP contribution is 2.26. The summed E-state index contributed by atoms with van der Waals surface area (Å²) in [6.07, 6.45) is 1.99. The molecule has 4 rings (SSSR count). The molecule has 1 N–H and O–H groups in total. The molecule has 144 valence electrons. The van der Waals surface area contributed by atoms with Crippen LogP contribution in [0.25, 0.3) is 10.9 Å². The van der Waals surface area contributed by atoms with Gasteiger partial charge in [-0.3, -0.25) is 9.59 Å². The molecule has 0 saturated heterocycles. The van der Waals surface area contributed by atoms with Gasteiger partial charge in [0.1, 0.15) is 11.8 Å². The first-order valence-corrected chi connectivity index (χ1v) is 9.38. The predicted molar refractivity (Wildman–Crippen MR) is 107 cm³/mol. The second kappa shape index (κ2) is 7.38. The van der Waals surface area contributed by atoms with Gasteiger partial charge < -0.3 is 19.5 Å². The molecule has 6 nitrogen and oxygen atoms in total. The molecule has 1 atom stereocenters. The molecular formula is C22H23N3O3. The summed E-state index contributed by atoms with van der Waals surface area (Å²) in [6, 6.07) is 14.9. The van der Waals surface area contributed by atoms with Gasteiger partial charge in [-0.2, -0.15) is 0 Å². The molecule has 1 aliphatic heterocycles. The van der Waals surface area contributed by atoms with Crippen molar-refractivity contribution in [2.45, 2.75) is 26.1 Å². The van der Waals surface area contributed by atoms with Gasteiger partial charge >= 0.3 is 0 Å². The van der Waals surface area contributed by atoms with Crippen LogP contribution in [0, 0.1) is 0 Å². The Hall–Kier alpha value is -3.28. The molecule has 2 amide bonds. The van der Waals surface area contributed by atoms with E-state index >= 15 is 0 Å². The highest BCUT2D eigenvalue weighted by Gasteiger charge is 2.33. The quantitative estimate of drug-likeness (QED) is 0.718. The topological polar surface area (TPSA) is 63.6 Å². The Kier molecular flexibility index (Phi) is 4.77. The maximum absolute atomic E-state index is 12.6. The summed E-state index contributed by atoms with van der Waals surface area (Å²) in [5, 5.41) is 4.00. The van der Waals surface area contributed by atoms with Crippen LogP contribution < -0.4 is 10.1 Å². The van der Waals surface area contributed by atoms with Crippen molar-refractivity contribution in [3.05, 3.63) is 65.9 Å². The third-order valence-corrected chi connectivity index (χ3v) is 5.34. The van der Waals surface area contributed by atoms with Crippen molar-refractivity contribution in [3.63, 3.8) is 0 Å². The molecule has 28 heavy (non-hydrogen) atoms. The van der Waals surface area contributed by atoms with Crippen molar-refractivity contribution in [1.29, 1.82) is 0 Å². The number of methoxy groups -OCH3 is 1. The largest absolute Gasteiger partial charge is 0.496 e. The minimum absolute atomic E-state index is 0.0817. The zero-order chi connectivity index (χ0) is 19.7. The number of rotatable bonds is 6. The molecular weight excluding hydrogens is 354 g/mol. The van der Waals surface area contributed by atoms with E-state index in [9.17, 15) is 9.59 Å². The number of aromatic nitrogens is 1. The molecule has 0 aliphatic carbocycles. The van der Waals surface area contributed by atoms with E-state index in [4.69, 9.17) is 4.74 Å². The number of hydrogen-bond donors (Lipinski definition) is 1. The van der Waals surface area contributed by atoms with Gasteiger partial charge in [0.2, 0.25) is 5.91 Å². The monoisotopic (exact) mass is 377 g/mol. The summed E-state index contributed by atoms with van der Waals surface area (Å²) in [7, 11) is 1.66. The van der Waals surface area contributed by atoms with Gasteiger partial charge in [-0.1, -0.05) is 24.3 Å². The Morgan fingerprint density at radius 1 is 1.18 bits per heavy atom. The Bertz CT molecular complexity index is 1040. The van der Waals surface area contributed by atoms with Crippen molar-refractivity contribution in [3.8, 4) is 5.75 Å². The lowest BCUT2D eigenvalue weighted by Gasteiger charge is -2.23. The summed E-state index contributed by atoms with van der Waals surface area (Å²) in [4.78, 5) is 26.7. The molecule has 3 aromatic rings. The molecule has 2 heterocycles. The van der Waals surface area contributed by atoms with Gasteiger partial charge in [0, 0.05) is 36.8 Å². The van der Waals surface area contributed by atoms with E-state index in [0.29, 0.717) is 25.2 Å². The lowest BCUT2D eigenvalue weighted by molar-refractivity contribution is -0.125. The summed E-state index contributed by atoms with van der Waals surface area (Å²) >= 11 is 0. The first kappa shape index (κ1) is 18.1. The van der Waals surface area contributed by atoms with E-state index in [2.05, 4.69) is 9.88 Å². The lowest BCUT2D eigenvalue weighted by Crippen LogP contribution is -2.45. The van der Waals surface area contributed by atoms with Gasteiger partial charge in [-0.25, -0.2) is 0 Å². The van der Waals surface area contributed by atoms with E-state index in [1.54, 1.807) is 18.9 Å². The fourth-order valence-electron chi connectivity index (χ4n) is 3.75. The number of nitrogens with zero attached hydrogens (tertiary/aromatic N) is 2. The smallest absolute Gasteiger partial charge is 0.255 e. The summed E-state index contributed by atoms with van der Waals surface area (Å²) in [6.45, 7) is 3.38. The van der Waals surface area contributed by atoms with Crippen molar-refractivity contribution in [2.24, 2.45) is 0 Å². The number of amides is 2. The van der Waals surface area contributed by atoms with E-state index in [0.717, 1.165) is 22.2 Å². The Morgan fingerprint density at radius 2 is 2.00 bits per heavy atom. The molecule has 0 fully saturated rings. The van der Waals surface area contributed by atoms with E-state index in [1.807, 2.05) is 54.7 Å². The highest BCUT2D eigenvalue weighted by atomic mass is 16.5. The molecule has 1 aromatic heterocycles. The number of nitrogens with one attached hydrogen (secondary N) is 1. The van der Waals surface area contributed by atoms with Crippen LogP contribution >= 0.6 is 0 Å². The molecule has 1 aliphatic rings. The van der Waals surface area contributed by atoms with Gasteiger partial charge in [0.25, 0.3) is 5.91 Å². The molecule has 0 radical (unpaired) electrons. The maximum atomic E-state index is 12.6. The third kappa shape index (κ3) is 3.11. The van der Waals surface area contributed by atoms with Crippen LogP contribution in [0.5, 0.6) is 5.75 Å². The van der Waals surface area contributed by atoms with Crippen LogP contribution in [-0.2, 0) is 17.9 Å². The van der Waals surface area contributed by atoms with Gasteiger partial charge in [0.15, 0.2) is 0 Å². The van der Waals surface area contributed by atoms with Crippen molar-refractivity contribution < 1.29 is 14.3 Å². The molecule has 2 aromatic carbocycles. The molecule has 0 bridgehead atoms. The first-order valence-electron chi connectivity index (χ1n) is 9.38. The van der Waals surface area contributed by atoms with Gasteiger partial charge in [0.05, 0.1) is 12.6 Å². The minimum atomic E-state index is -0.513. The second-order valence-electron chi connectivity index (χ2n) is 6.96. The Labute approximate surface area is 163 Å².